The highest BCUT2D eigenvalue weighted by Gasteiger charge is 1.96. The normalized spacial score (nSPS) is 11.3. The standard InChI is InChI=1S/C8H18P/c1-7(2)5-9-6-8(3)4/h7-8H,5-6H2,1-4H3. The van der Waals surface area contributed by atoms with E-state index in [1.54, 1.807) is 8.58 Å². The average Bonchev–Trinajstić information content (AvgIpc) is 1.63. The molecular formula is C8H18P. The van der Waals surface area contributed by atoms with Gasteiger partial charge in [-0.1, -0.05) is 36.3 Å². The van der Waals surface area contributed by atoms with Gasteiger partial charge in [-0.3, -0.25) is 0 Å². The average molecular weight is 145 g/mol. The van der Waals surface area contributed by atoms with E-state index < -0.39 is 0 Å². The Balaban J connectivity index is 2.91. The van der Waals surface area contributed by atoms with Gasteiger partial charge in [-0.2, -0.15) is 0 Å². The molecule has 0 aromatic heterocycles. The molecule has 0 saturated carbocycles. The molecule has 0 unspecified atom stereocenters. The van der Waals surface area contributed by atoms with Crippen LogP contribution >= 0.6 is 8.58 Å². The Kier molecular flexibility index (Phi) is 5.48. The van der Waals surface area contributed by atoms with Crippen LogP contribution in [0.15, 0.2) is 0 Å². The Morgan fingerprint density at radius 2 is 1.22 bits per heavy atom. The topological polar surface area (TPSA) is 0 Å². The summed E-state index contributed by atoms with van der Waals surface area (Å²) in [5, 5.41) is 0. The van der Waals surface area contributed by atoms with Crippen LogP contribution in [0, 0.1) is 11.8 Å². The van der Waals surface area contributed by atoms with Gasteiger partial charge in [-0.15, -0.1) is 0 Å². The van der Waals surface area contributed by atoms with Gasteiger partial charge < -0.3 is 0 Å². The highest BCUT2D eigenvalue weighted by Crippen LogP contribution is 2.17. The lowest BCUT2D eigenvalue weighted by atomic mass is 10.3. The molecular weight excluding hydrogens is 127 g/mol. The van der Waals surface area contributed by atoms with Crippen molar-refractivity contribution in [2.45, 2.75) is 27.7 Å². The van der Waals surface area contributed by atoms with E-state index in [2.05, 4.69) is 27.7 Å². The van der Waals surface area contributed by atoms with Crippen LogP contribution in [0.4, 0.5) is 0 Å². The Hall–Kier alpha value is 0.430. The largest absolute Gasteiger partial charge is 0.0804 e. The second-order valence-electron chi connectivity index (χ2n) is 3.38. The quantitative estimate of drug-likeness (QED) is 0.533. The molecule has 0 spiro atoms. The van der Waals surface area contributed by atoms with Gasteiger partial charge in [0.2, 0.25) is 0 Å². The zero-order valence-corrected chi connectivity index (χ0v) is 7.91. The van der Waals surface area contributed by atoms with Gasteiger partial charge in [-0.25, -0.2) is 0 Å². The molecule has 0 aliphatic carbocycles. The van der Waals surface area contributed by atoms with Crippen molar-refractivity contribution in [2.24, 2.45) is 11.8 Å². The summed E-state index contributed by atoms with van der Waals surface area (Å²) in [6.07, 6.45) is 2.75. The Morgan fingerprint density at radius 3 is 1.44 bits per heavy atom. The van der Waals surface area contributed by atoms with E-state index in [9.17, 15) is 0 Å². The van der Waals surface area contributed by atoms with Crippen LogP contribution in [-0.2, 0) is 0 Å². The third-order valence-corrected chi connectivity index (χ3v) is 2.97. The fourth-order valence-electron chi connectivity index (χ4n) is 0.591. The molecule has 55 valence electrons. The van der Waals surface area contributed by atoms with E-state index >= 15 is 0 Å². The molecule has 0 amide bonds. The Labute approximate surface area is 61.2 Å². The lowest BCUT2D eigenvalue weighted by molar-refractivity contribution is 0.725. The van der Waals surface area contributed by atoms with Crippen LogP contribution in [0.2, 0.25) is 0 Å². The van der Waals surface area contributed by atoms with Crippen molar-refractivity contribution in [2.75, 3.05) is 12.3 Å². The molecule has 0 saturated heterocycles. The van der Waals surface area contributed by atoms with Crippen LogP contribution in [0.25, 0.3) is 0 Å². The van der Waals surface area contributed by atoms with Crippen molar-refractivity contribution in [1.82, 2.24) is 0 Å². The van der Waals surface area contributed by atoms with Crippen LogP contribution in [-0.4, -0.2) is 12.3 Å². The van der Waals surface area contributed by atoms with E-state index in [-0.39, 0.29) is 0 Å². The van der Waals surface area contributed by atoms with E-state index in [1.807, 2.05) is 0 Å². The molecule has 0 aliphatic heterocycles. The van der Waals surface area contributed by atoms with E-state index in [0.717, 1.165) is 11.8 Å². The molecule has 1 radical (unpaired) electrons. The summed E-state index contributed by atoms with van der Waals surface area (Å²) in [7, 11) is 1.63. The molecule has 0 atom stereocenters. The van der Waals surface area contributed by atoms with Crippen LogP contribution in [0.5, 0.6) is 0 Å². The zero-order chi connectivity index (χ0) is 7.28. The molecule has 0 aromatic rings. The van der Waals surface area contributed by atoms with E-state index in [4.69, 9.17) is 0 Å². The smallest absolute Gasteiger partial charge is 0.0264 e. The monoisotopic (exact) mass is 145 g/mol. The molecule has 0 nitrogen and oxygen atoms in total. The maximum absolute atomic E-state index is 2.29. The van der Waals surface area contributed by atoms with Gasteiger partial charge in [0, 0.05) is 0 Å². The fourth-order valence-corrected chi connectivity index (χ4v) is 1.77. The lowest BCUT2D eigenvalue weighted by Crippen LogP contribution is -1.94. The highest BCUT2D eigenvalue weighted by atomic mass is 31.1. The van der Waals surface area contributed by atoms with Gasteiger partial charge in [0.1, 0.15) is 0 Å². The second-order valence-corrected chi connectivity index (χ2v) is 4.55. The van der Waals surface area contributed by atoms with Gasteiger partial charge in [0.15, 0.2) is 0 Å². The minimum Gasteiger partial charge on any atom is -0.0804 e. The Bertz CT molecular complexity index is 49.6. The lowest BCUT2D eigenvalue weighted by Gasteiger charge is -2.05. The van der Waals surface area contributed by atoms with Crippen LogP contribution < -0.4 is 0 Å². The van der Waals surface area contributed by atoms with E-state index in [0.29, 0.717) is 0 Å². The van der Waals surface area contributed by atoms with Crippen molar-refractivity contribution in [3.63, 3.8) is 0 Å². The van der Waals surface area contributed by atoms with Crippen molar-refractivity contribution >= 4 is 8.58 Å². The van der Waals surface area contributed by atoms with E-state index in [1.165, 1.54) is 12.3 Å². The summed E-state index contributed by atoms with van der Waals surface area (Å²) < 4.78 is 0. The molecule has 0 N–H and O–H groups in total. The van der Waals surface area contributed by atoms with Crippen LogP contribution in [0.3, 0.4) is 0 Å². The van der Waals surface area contributed by atoms with Gasteiger partial charge in [-0.05, 0) is 24.2 Å². The maximum Gasteiger partial charge on any atom is -0.0264 e. The first-order valence-electron chi connectivity index (χ1n) is 3.76. The minimum absolute atomic E-state index is 0.880. The summed E-state index contributed by atoms with van der Waals surface area (Å²) in [6, 6.07) is 0. The number of hydrogen-bond acceptors (Lipinski definition) is 0. The maximum atomic E-state index is 2.29. The molecule has 1 heteroatoms. The summed E-state index contributed by atoms with van der Waals surface area (Å²) >= 11 is 0. The summed E-state index contributed by atoms with van der Waals surface area (Å²) in [4.78, 5) is 0. The molecule has 0 aliphatic rings. The molecule has 0 fully saturated rings. The number of hydrogen-bond donors (Lipinski definition) is 0. The van der Waals surface area contributed by atoms with Crippen molar-refractivity contribution in [3.8, 4) is 0 Å². The van der Waals surface area contributed by atoms with Crippen molar-refractivity contribution in [3.05, 3.63) is 0 Å². The van der Waals surface area contributed by atoms with Crippen molar-refractivity contribution in [1.29, 1.82) is 0 Å². The number of rotatable bonds is 4. The summed E-state index contributed by atoms with van der Waals surface area (Å²) in [6.45, 7) is 9.14. The summed E-state index contributed by atoms with van der Waals surface area (Å²) in [5.74, 6) is 1.76. The third kappa shape index (κ3) is 8.43. The highest BCUT2D eigenvalue weighted by molar-refractivity contribution is 7.37. The SMILES string of the molecule is CC(C)C[P]CC(C)C. The third-order valence-electron chi connectivity index (χ3n) is 0.988. The summed E-state index contributed by atoms with van der Waals surface area (Å²) in [5.41, 5.74) is 0. The minimum atomic E-state index is 0.880. The first-order chi connectivity index (χ1) is 4.13. The van der Waals surface area contributed by atoms with Gasteiger partial charge in [0.25, 0.3) is 0 Å². The molecule has 9 heavy (non-hydrogen) atoms. The van der Waals surface area contributed by atoms with Gasteiger partial charge >= 0.3 is 0 Å². The molecule has 0 aromatic carbocycles. The Morgan fingerprint density at radius 1 is 0.889 bits per heavy atom. The first-order valence-corrected chi connectivity index (χ1v) is 5.02. The predicted molar refractivity (Wildman–Crippen MR) is 46.3 cm³/mol. The van der Waals surface area contributed by atoms with Gasteiger partial charge in [0.05, 0.1) is 0 Å². The molecule has 0 bridgehead atoms. The molecule has 0 heterocycles. The van der Waals surface area contributed by atoms with Crippen molar-refractivity contribution < 1.29 is 0 Å². The second kappa shape index (κ2) is 5.23. The zero-order valence-electron chi connectivity index (χ0n) is 7.02. The molecule has 0 rings (SSSR count). The fraction of sp³-hybridized carbons (Fsp3) is 1.00. The first kappa shape index (κ1) is 9.43. The predicted octanol–water partition coefficient (Wildman–Crippen LogP) is 3.24. The van der Waals surface area contributed by atoms with Crippen LogP contribution in [0.1, 0.15) is 27.7 Å².